The van der Waals surface area contributed by atoms with Gasteiger partial charge >= 0.3 is 0 Å². The quantitative estimate of drug-likeness (QED) is 0.516. The number of nitrogens with two attached hydrogens (primary N) is 1. The molecule has 0 bridgehead atoms. The lowest BCUT2D eigenvalue weighted by molar-refractivity contribution is 0.100. The van der Waals surface area contributed by atoms with E-state index in [4.69, 9.17) is 5.73 Å². The zero-order valence-corrected chi connectivity index (χ0v) is 14.7. The van der Waals surface area contributed by atoms with Gasteiger partial charge in [0, 0.05) is 23.6 Å². The lowest BCUT2D eigenvalue weighted by Gasteiger charge is -2.03. The standard InChI is InChI=1S/C17H18N8O/c1-4-12-14(21-8(2)20-12)17-22-16(23-24-17)10-5-9(15(18)26)6-13-11(10)7-19-25(13)3/h5-7H,4H2,1-3H3,(H2,18,26)(H,20,21)(H,22,23,24). The molecule has 0 radical (unpaired) electrons. The summed E-state index contributed by atoms with van der Waals surface area (Å²) >= 11 is 0. The van der Waals surface area contributed by atoms with Gasteiger partial charge in [-0.25, -0.2) is 9.97 Å². The van der Waals surface area contributed by atoms with E-state index in [-0.39, 0.29) is 0 Å². The Morgan fingerprint density at radius 1 is 1.31 bits per heavy atom. The summed E-state index contributed by atoms with van der Waals surface area (Å²) in [5.74, 6) is 1.37. The summed E-state index contributed by atoms with van der Waals surface area (Å²) in [5, 5.41) is 12.4. The average Bonchev–Trinajstić information content (AvgIpc) is 3.32. The molecule has 3 heterocycles. The van der Waals surface area contributed by atoms with Crippen LogP contribution in [0.25, 0.3) is 33.8 Å². The molecule has 0 saturated heterocycles. The maximum absolute atomic E-state index is 11.7. The van der Waals surface area contributed by atoms with Crippen molar-refractivity contribution in [1.29, 1.82) is 0 Å². The van der Waals surface area contributed by atoms with Crippen LogP contribution < -0.4 is 5.73 Å². The van der Waals surface area contributed by atoms with Crippen molar-refractivity contribution >= 4 is 16.8 Å². The molecule has 132 valence electrons. The molecule has 1 amide bonds. The minimum Gasteiger partial charge on any atom is -0.366 e. The van der Waals surface area contributed by atoms with E-state index in [1.165, 1.54) is 0 Å². The number of nitrogens with zero attached hydrogens (tertiary/aromatic N) is 5. The number of aromatic amines is 2. The van der Waals surface area contributed by atoms with Crippen LogP contribution in [-0.4, -0.2) is 40.8 Å². The number of fused-ring (bicyclic) bond motifs is 1. The third kappa shape index (κ3) is 2.44. The van der Waals surface area contributed by atoms with Crippen LogP contribution in [0.15, 0.2) is 18.3 Å². The fourth-order valence-corrected chi connectivity index (χ4v) is 3.06. The number of benzene rings is 1. The highest BCUT2D eigenvalue weighted by Crippen LogP contribution is 2.29. The van der Waals surface area contributed by atoms with Crippen LogP contribution in [0.2, 0.25) is 0 Å². The van der Waals surface area contributed by atoms with E-state index >= 15 is 0 Å². The molecular weight excluding hydrogens is 332 g/mol. The zero-order valence-electron chi connectivity index (χ0n) is 14.7. The highest BCUT2D eigenvalue weighted by molar-refractivity contribution is 6.02. The molecule has 0 fully saturated rings. The summed E-state index contributed by atoms with van der Waals surface area (Å²) in [6.07, 6.45) is 2.50. The van der Waals surface area contributed by atoms with Gasteiger partial charge in [0.2, 0.25) is 5.91 Å². The molecule has 4 rings (SSSR count). The maximum atomic E-state index is 11.7. The SMILES string of the molecule is CCc1nc(C)[nH]c1-c1n[nH]c(-c2cc(C(N)=O)cc3c2cnn3C)n1. The average molecular weight is 350 g/mol. The van der Waals surface area contributed by atoms with Gasteiger partial charge in [-0.15, -0.1) is 0 Å². The zero-order chi connectivity index (χ0) is 18.4. The predicted molar refractivity (Wildman–Crippen MR) is 96.3 cm³/mol. The fraction of sp³-hybridized carbons (Fsp3) is 0.235. The molecular formula is C17H18N8O. The van der Waals surface area contributed by atoms with Crippen molar-refractivity contribution in [3.63, 3.8) is 0 Å². The fourth-order valence-electron chi connectivity index (χ4n) is 3.06. The highest BCUT2D eigenvalue weighted by atomic mass is 16.1. The van der Waals surface area contributed by atoms with Gasteiger partial charge in [-0.1, -0.05) is 6.92 Å². The third-order valence-electron chi connectivity index (χ3n) is 4.35. The number of nitrogens with one attached hydrogen (secondary N) is 2. The Labute approximate surface area is 148 Å². The first kappa shape index (κ1) is 16.0. The van der Waals surface area contributed by atoms with Crippen molar-refractivity contribution in [2.45, 2.75) is 20.3 Å². The Morgan fingerprint density at radius 3 is 2.85 bits per heavy atom. The number of hydrogen-bond donors (Lipinski definition) is 3. The van der Waals surface area contributed by atoms with Gasteiger partial charge in [0.1, 0.15) is 11.5 Å². The molecule has 3 aromatic heterocycles. The maximum Gasteiger partial charge on any atom is 0.248 e. The van der Waals surface area contributed by atoms with Crippen LogP contribution in [-0.2, 0) is 13.5 Å². The number of primary amides is 1. The number of aromatic nitrogens is 7. The summed E-state index contributed by atoms with van der Waals surface area (Å²) in [5.41, 5.74) is 9.08. The molecule has 9 nitrogen and oxygen atoms in total. The topological polar surface area (TPSA) is 131 Å². The number of hydrogen-bond acceptors (Lipinski definition) is 5. The second-order valence-corrected chi connectivity index (χ2v) is 6.09. The van der Waals surface area contributed by atoms with Crippen LogP contribution in [0, 0.1) is 6.92 Å². The first-order valence-corrected chi connectivity index (χ1v) is 8.22. The van der Waals surface area contributed by atoms with E-state index < -0.39 is 5.91 Å². The number of aryl methyl sites for hydroxylation is 3. The largest absolute Gasteiger partial charge is 0.366 e. The molecule has 4 aromatic rings. The Kier molecular flexibility index (Phi) is 3.57. The molecule has 0 unspecified atom stereocenters. The monoisotopic (exact) mass is 350 g/mol. The number of carbonyl (C=O) groups excluding carboxylic acids is 1. The molecule has 0 spiro atoms. The van der Waals surface area contributed by atoms with E-state index in [0.29, 0.717) is 17.2 Å². The predicted octanol–water partition coefficient (Wildman–Crippen LogP) is 1.72. The number of carbonyl (C=O) groups is 1. The minimum absolute atomic E-state index is 0.390. The van der Waals surface area contributed by atoms with Crippen molar-refractivity contribution in [2.24, 2.45) is 12.8 Å². The Hall–Kier alpha value is -3.49. The van der Waals surface area contributed by atoms with Gasteiger partial charge in [-0.3, -0.25) is 14.6 Å². The normalized spacial score (nSPS) is 11.3. The van der Waals surface area contributed by atoms with Crippen LogP contribution in [0.4, 0.5) is 0 Å². The lowest BCUT2D eigenvalue weighted by atomic mass is 10.1. The summed E-state index contributed by atoms with van der Waals surface area (Å²) in [7, 11) is 1.81. The van der Waals surface area contributed by atoms with E-state index in [0.717, 1.165) is 40.1 Å². The summed E-state index contributed by atoms with van der Waals surface area (Å²) in [6.45, 7) is 3.92. The molecule has 9 heteroatoms. The molecule has 0 atom stereocenters. The number of H-pyrrole nitrogens is 2. The lowest BCUT2D eigenvalue weighted by Crippen LogP contribution is -2.11. The highest BCUT2D eigenvalue weighted by Gasteiger charge is 2.18. The molecule has 0 aliphatic heterocycles. The molecule has 4 N–H and O–H groups in total. The number of rotatable bonds is 4. The Balaban J connectivity index is 1.89. The van der Waals surface area contributed by atoms with Gasteiger partial charge in [0.05, 0.1) is 17.4 Å². The van der Waals surface area contributed by atoms with E-state index in [1.807, 2.05) is 20.9 Å². The summed E-state index contributed by atoms with van der Waals surface area (Å²) in [6, 6.07) is 3.43. The van der Waals surface area contributed by atoms with Crippen LogP contribution in [0.1, 0.15) is 28.8 Å². The molecule has 0 aliphatic rings. The smallest absolute Gasteiger partial charge is 0.248 e. The van der Waals surface area contributed by atoms with E-state index in [1.54, 1.807) is 23.0 Å². The second kappa shape index (κ2) is 5.80. The number of imidazole rings is 1. The van der Waals surface area contributed by atoms with Crippen LogP contribution in [0.5, 0.6) is 0 Å². The second-order valence-electron chi connectivity index (χ2n) is 6.09. The summed E-state index contributed by atoms with van der Waals surface area (Å²) in [4.78, 5) is 24.0. The summed E-state index contributed by atoms with van der Waals surface area (Å²) < 4.78 is 1.69. The van der Waals surface area contributed by atoms with Gasteiger partial charge in [-0.2, -0.15) is 10.2 Å². The van der Waals surface area contributed by atoms with Gasteiger partial charge in [-0.05, 0) is 25.5 Å². The van der Waals surface area contributed by atoms with Gasteiger partial charge < -0.3 is 10.7 Å². The molecule has 1 aromatic carbocycles. The first-order valence-electron chi connectivity index (χ1n) is 8.22. The van der Waals surface area contributed by atoms with E-state index in [9.17, 15) is 4.79 Å². The van der Waals surface area contributed by atoms with Crippen molar-refractivity contribution < 1.29 is 4.79 Å². The van der Waals surface area contributed by atoms with Crippen molar-refractivity contribution in [3.05, 3.63) is 35.4 Å². The Morgan fingerprint density at radius 2 is 2.12 bits per heavy atom. The van der Waals surface area contributed by atoms with Crippen LogP contribution >= 0.6 is 0 Å². The molecule has 26 heavy (non-hydrogen) atoms. The Bertz CT molecular complexity index is 1130. The number of amides is 1. The van der Waals surface area contributed by atoms with Crippen LogP contribution in [0.3, 0.4) is 0 Å². The third-order valence-corrected chi connectivity index (χ3v) is 4.35. The minimum atomic E-state index is -0.508. The molecule has 0 saturated carbocycles. The van der Waals surface area contributed by atoms with Gasteiger partial charge in [0.25, 0.3) is 0 Å². The van der Waals surface area contributed by atoms with E-state index in [2.05, 4.69) is 30.2 Å². The first-order chi connectivity index (χ1) is 12.5. The van der Waals surface area contributed by atoms with Crippen molar-refractivity contribution in [2.75, 3.05) is 0 Å². The van der Waals surface area contributed by atoms with Gasteiger partial charge in [0.15, 0.2) is 11.6 Å². The van der Waals surface area contributed by atoms with Crippen molar-refractivity contribution in [3.8, 4) is 22.9 Å². The molecule has 0 aliphatic carbocycles. The van der Waals surface area contributed by atoms with Crippen molar-refractivity contribution in [1.82, 2.24) is 34.9 Å².